The Morgan fingerprint density at radius 1 is 1.43 bits per heavy atom. The first-order valence-corrected chi connectivity index (χ1v) is 5.71. The Morgan fingerprint density at radius 2 is 1.86 bits per heavy atom. The predicted octanol–water partition coefficient (Wildman–Crippen LogP) is -2.39. The summed E-state index contributed by atoms with van der Waals surface area (Å²) in [5, 5.41) is 0. The summed E-state index contributed by atoms with van der Waals surface area (Å²) in [4.78, 5) is 4.01. The summed E-state index contributed by atoms with van der Waals surface area (Å²) in [6.07, 6.45) is 1.78. The standard InChI is InChI=1S/C6H6BrN.K.Mn.4O/c1-5-4-6(7)2-3-8-5;;;;;;/h2-4H,1H3;;;;;;/q;+1;;;;;-1. The van der Waals surface area contributed by atoms with Crippen molar-refractivity contribution in [2.45, 2.75) is 6.92 Å². The number of hydrogen-bond acceptors (Lipinski definition) is 5. The number of aryl methyl sites for hydroxylation is 1. The van der Waals surface area contributed by atoms with Gasteiger partial charge in [0.15, 0.2) is 0 Å². The minimum absolute atomic E-state index is 0. The number of pyridine rings is 1. The molecule has 14 heavy (non-hydrogen) atoms. The molecule has 0 saturated heterocycles. The van der Waals surface area contributed by atoms with Gasteiger partial charge in [-0.15, -0.1) is 0 Å². The van der Waals surface area contributed by atoms with Crippen LogP contribution in [-0.4, -0.2) is 4.98 Å². The van der Waals surface area contributed by atoms with Gasteiger partial charge < -0.3 is 0 Å². The molecule has 74 valence electrons. The summed E-state index contributed by atoms with van der Waals surface area (Å²) in [6, 6.07) is 3.88. The molecule has 1 rings (SSSR count). The third-order valence-corrected chi connectivity index (χ3v) is 1.35. The molecule has 5 nitrogen and oxygen atoms in total. The van der Waals surface area contributed by atoms with Crippen LogP contribution < -0.4 is 55.6 Å². The molecule has 0 bridgehead atoms. The Morgan fingerprint density at radius 3 is 2.07 bits per heavy atom. The predicted molar refractivity (Wildman–Crippen MR) is 38.7 cm³/mol. The van der Waals surface area contributed by atoms with Gasteiger partial charge in [-0.1, -0.05) is 15.9 Å². The molecule has 0 spiro atoms. The van der Waals surface area contributed by atoms with Crippen LogP contribution in [0.4, 0.5) is 0 Å². The van der Waals surface area contributed by atoms with Gasteiger partial charge in [0.05, 0.1) is 0 Å². The second-order valence-corrected chi connectivity index (χ2v) is 4.09. The fraction of sp³-hybridized carbons (Fsp3) is 0.167. The van der Waals surface area contributed by atoms with E-state index < -0.39 is 13.0 Å². The number of halogens is 1. The molecule has 0 fully saturated rings. The summed E-state index contributed by atoms with van der Waals surface area (Å²) in [5.41, 5.74) is 1.04. The van der Waals surface area contributed by atoms with Gasteiger partial charge in [0.1, 0.15) is 0 Å². The summed E-state index contributed by atoms with van der Waals surface area (Å²) in [7, 11) is 0. The van der Waals surface area contributed by atoms with Crippen LogP contribution in [0.1, 0.15) is 5.69 Å². The molecular weight excluding hydrogens is 324 g/mol. The van der Waals surface area contributed by atoms with Crippen molar-refractivity contribution >= 4 is 15.9 Å². The first-order chi connectivity index (χ1) is 5.79. The normalized spacial score (nSPS) is 9.36. The summed E-state index contributed by atoms with van der Waals surface area (Å²) < 4.78 is 35.4. The first kappa shape index (κ1) is 17.5. The fourth-order valence-corrected chi connectivity index (χ4v) is 0.960. The van der Waals surface area contributed by atoms with Crippen molar-refractivity contribution in [3.05, 3.63) is 28.5 Å². The summed E-state index contributed by atoms with van der Waals surface area (Å²) in [6.45, 7) is 1.96. The van der Waals surface area contributed by atoms with Gasteiger partial charge in [0, 0.05) is 16.4 Å². The van der Waals surface area contributed by atoms with Crippen molar-refractivity contribution in [3.63, 3.8) is 0 Å². The van der Waals surface area contributed by atoms with Crippen LogP contribution in [0.2, 0.25) is 0 Å². The van der Waals surface area contributed by atoms with Crippen molar-refractivity contribution in [2.24, 2.45) is 0 Å². The van der Waals surface area contributed by atoms with Crippen LogP contribution >= 0.6 is 15.9 Å². The number of nitrogens with zero attached hydrogens (tertiary/aromatic N) is 1. The Hall–Kier alpha value is 1.15. The van der Waals surface area contributed by atoms with E-state index >= 15 is 0 Å². The third kappa shape index (κ3) is 15.6. The maximum absolute atomic E-state index is 8.58. The Bertz CT molecular complexity index is 396. The maximum atomic E-state index is 8.58. The quantitative estimate of drug-likeness (QED) is 0.496. The van der Waals surface area contributed by atoms with E-state index in [9.17, 15) is 0 Å². The molecule has 0 aromatic carbocycles. The number of hydrogen-bond donors (Lipinski definition) is 0. The van der Waals surface area contributed by atoms with Gasteiger partial charge in [0.25, 0.3) is 0 Å². The van der Waals surface area contributed by atoms with Crippen LogP contribution in [-0.2, 0) is 24.5 Å². The van der Waals surface area contributed by atoms with Crippen molar-refractivity contribution < 1.29 is 80.0 Å². The third-order valence-electron chi connectivity index (χ3n) is 0.859. The van der Waals surface area contributed by atoms with E-state index in [1.807, 2.05) is 19.1 Å². The van der Waals surface area contributed by atoms with Crippen molar-refractivity contribution in [1.29, 1.82) is 0 Å². The van der Waals surface area contributed by atoms with Crippen LogP contribution in [0.15, 0.2) is 22.8 Å². The molecule has 8 heteroatoms. The zero-order valence-electron chi connectivity index (χ0n) is 7.57. The molecule has 0 atom stereocenters. The van der Waals surface area contributed by atoms with E-state index in [0.717, 1.165) is 10.2 Å². The molecule has 0 N–H and O–H groups in total. The van der Waals surface area contributed by atoms with Crippen molar-refractivity contribution in [3.8, 4) is 0 Å². The second-order valence-electron chi connectivity index (χ2n) is 1.99. The molecule has 1 aromatic heterocycles. The van der Waals surface area contributed by atoms with E-state index in [1.54, 1.807) is 6.20 Å². The van der Waals surface area contributed by atoms with Gasteiger partial charge in [-0.2, -0.15) is 0 Å². The molecule has 0 radical (unpaired) electrons. The van der Waals surface area contributed by atoms with Gasteiger partial charge >= 0.3 is 80.0 Å². The van der Waals surface area contributed by atoms with Gasteiger partial charge in [-0.25, -0.2) is 0 Å². The monoisotopic (exact) mass is 329 g/mol. The number of rotatable bonds is 0. The van der Waals surface area contributed by atoms with E-state index in [0.29, 0.717) is 0 Å². The zero-order valence-corrected chi connectivity index (χ0v) is 13.5. The first-order valence-electron chi connectivity index (χ1n) is 2.99. The Balaban J connectivity index is 0. The van der Waals surface area contributed by atoms with Crippen LogP contribution in [0.3, 0.4) is 0 Å². The molecular formula is C6H6BrKMnNO4. The summed E-state index contributed by atoms with van der Waals surface area (Å²) in [5.74, 6) is 0. The molecule has 0 unspecified atom stereocenters. The van der Waals surface area contributed by atoms with Crippen LogP contribution in [0, 0.1) is 6.92 Å². The van der Waals surface area contributed by atoms with Gasteiger partial charge in [-0.05, 0) is 19.1 Å². The van der Waals surface area contributed by atoms with Crippen molar-refractivity contribution in [2.75, 3.05) is 0 Å². The average Bonchev–Trinajstić information content (AvgIpc) is 1.81. The minimum atomic E-state index is -5.62. The van der Waals surface area contributed by atoms with Gasteiger partial charge in [-0.3, -0.25) is 4.98 Å². The molecule has 1 aromatic rings. The molecule has 0 aliphatic rings. The average molecular weight is 330 g/mol. The van der Waals surface area contributed by atoms with Crippen molar-refractivity contribution in [1.82, 2.24) is 4.98 Å². The van der Waals surface area contributed by atoms with Crippen LogP contribution in [0.25, 0.3) is 0 Å². The van der Waals surface area contributed by atoms with E-state index in [-0.39, 0.29) is 51.4 Å². The Kier molecular flexibility index (Phi) is 10.4. The SMILES string of the molecule is Cc1cc(Br)ccn1.[K+].[O]=[Mn](=[O])(=[O])[O-]. The molecule has 0 aliphatic heterocycles. The topological polar surface area (TPSA) is 87.2 Å². The fourth-order valence-electron chi connectivity index (χ4n) is 0.511. The Labute approximate surface area is 134 Å². The zero-order chi connectivity index (χ0) is 10.5. The van der Waals surface area contributed by atoms with Crippen LogP contribution in [0.5, 0.6) is 0 Å². The van der Waals surface area contributed by atoms with E-state index in [4.69, 9.17) is 15.7 Å². The molecule has 0 aliphatic carbocycles. The number of aromatic nitrogens is 1. The van der Waals surface area contributed by atoms with Gasteiger partial charge in [0.2, 0.25) is 0 Å². The molecule has 0 amide bonds. The van der Waals surface area contributed by atoms with E-state index in [2.05, 4.69) is 20.9 Å². The molecule has 1 heterocycles. The molecule has 0 saturated carbocycles. The van der Waals surface area contributed by atoms with E-state index in [1.165, 1.54) is 0 Å². The second kappa shape index (κ2) is 8.32. The summed E-state index contributed by atoms with van der Waals surface area (Å²) >= 11 is -2.30.